The van der Waals surface area contributed by atoms with Crippen LogP contribution in [0.25, 0.3) is 0 Å². The maximum Gasteiger partial charge on any atom is 0.246 e. The van der Waals surface area contributed by atoms with Gasteiger partial charge < -0.3 is 9.80 Å². The fraction of sp³-hybridized carbons (Fsp3) is 0.636. The molecular formula is C11H16N2O2. The summed E-state index contributed by atoms with van der Waals surface area (Å²) in [6.07, 6.45) is 4.90. The first kappa shape index (κ1) is 10.2. The zero-order valence-corrected chi connectivity index (χ0v) is 8.98. The molecule has 2 aliphatic heterocycles. The smallest absolute Gasteiger partial charge is 0.246 e. The van der Waals surface area contributed by atoms with Crippen LogP contribution in [0.3, 0.4) is 0 Å². The first-order valence-electron chi connectivity index (χ1n) is 5.43. The second kappa shape index (κ2) is 4.04. The minimum Gasteiger partial charge on any atom is -0.336 e. The van der Waals surface area contributed by atoms with Crippen molar-refractivity contribution in [2.45, 2.75) is 25.8 Å². The van der Waals surface area contributed by atoms with Gasteiger partial charge in [-0.1, -0.05) is 6.08 Å². The molecule has 82 valence electrons. The van der Waals surface area contributed by atoms with E-state index in [1.807, 2.05) is 16.7 Å². The lowest BCUT2D eigenvalue weighted by Crippen LogP contribution is -2.52. The van der Waals surface area contributed by atoms with E-state index < -0.39 is 0 Å². The van der Waals surface area contributed by atoms with E-state index in [-0.39, 0.29) is 17.9 Å². The molecule has 4 heteroatoms. The van der Waals surface area contributed by atoms with Crippen molar-refractivity contribution in [1.82, 2.24) is 9.80 Å². The highest BCUT2D eigenvalue weighted by Gasteiger charge is 2.36. The second-order valence-corrected chi connectivity index (χ2v) is 4.06. The van der Waals surface area contributed by atoms with Crippen LogP contribution in [-0.4, -0.2) is 47.3 Å². The highest BCUT2D eigenvalue weighted by atomic mass is 16.2. The van der Waals surface area contributed by atoms with Gasteiger partial charge in [-0.25, -0.2) is 0 Å². The molecule has 2 rings (SSSR count). The van der Waals surface area contributed by atoms with Gasteiger partial charge in [-0.05, 0) is 19.4 Å². The van der Waals surface area contributed by atoms with Crippen molar-refractivity contribution in [3.05, 3.63) is 12.2 Å². The van der Waals surface area contributed by atoms with Gasteiger partial charge >= 0.3 is 0 Å². The molecule has 0 aromatic rings. The molecule has 0 spiro atoms. The summed E-state index contributed by atoms with van der Waals surface area (Å²) in [6.45, 7) is 3.92. The summed E-state index contributed by atoms with van der Waals surface area (Å²) >= 11 is 0. The van der Waals surface area contributed by atoms with Crippen molar-refractivity contribution in [2.75, 3.05) is 19.6 Å². The van der Waals surface area contributed by atoms with Crippen LogP contribution in [0.15, 0.2) is 12.2 Å². The predicted octanol–water partition coefficient (Wildman–Crippen LogP) is 0.396. The van der Waals surface area contributed by atoms with E-state index in [2.05, 4.69) is 0 Å². The highest BCUT2D eigenvalue weighted by Crippen LogP contribution is 2.22. The van der Waals surface area contributed by atoms with Gasteiger partial charge in [0.05, 0.1) is 0 Å². The Labute approximate surface area is 89.5 Å². The van der Waals surface area contributed by atoms with Crippen molar-refractivity contribution in [3.63, 3.8) is 0 Å². The lowest BCUT2D eigenvalue weighted by atomic mass is 10.1. The molecule has 2 fully saturated rings. The van der Waals surface area contributed by atoms with Crippen molar-refractivity contribution >= 4 is 11.8 Å². The molecule has 2 amide bonds. The predicted molar refractivity (Wildman–Crippen MR) is 56.1 cm³/mol. The first-order valence-corrected chi connectivity index (χ1v) is 5.43. The Balaban J connectivity index is 1.99. The van der Waals surface area contributed by atoms with E-state index in [9.17, 15) is 9.59 Å². The SMILES string of the molecule is C/C=C/C(=O)N1CCN2C(=O)CCC2C1. The summed E-state index contributed by atoms with van der Waals surface area (Å²) in [5.74, 6) is 0.314. The van der Waals surface area contributed by atoms with Gasteiger partial charge in [-0.2, -0.15) is 0 Å². The molecule has 0 aromatic heterocycles. The zero-order valence-electron chi connectivity index (χ0n) is 8.98. The number of piperazine rings is 1. The minimum atomic E-state index is 0.0662. The Morgan fingerprint density at radius 1 is 1.47 bits per heavy atom. The standard InChI is InChI=1S/C11H16N2O2/c1-2-3-10(14)12-6-7-13-9(8-12)4-5-11(13)15/h2-3,9H,4-8H2,1H3/b3-2+. The van der Waals surface area contributed by atoms with Crippen LogP contribution in [0, 0.1) is 0 Å². The first-order chi connectivity index (χ1) is 7.22. The number of rotatable bonds is 1. The summed E-state index contributed by atoms with van der Waals surface area (Å²) in [5, 5.41) is 0. The molecule has 1 unspecified atom stereocenters. The largest absolute Gasteiger partial charge is 0.336 e. The normalized spacial score (nSPS) is 26.2. The zero-order chi connectivity index (χ0) is 10.8. The molecule has 0 radical (unpaired) electrons. The molecule has 0 N–H and O–H groups in total. The fourth-order valence-electron chi connectivity index (χ4n) is 2.31. The average molecular weight is 208 g/mol. The number of amides is 2. The third-order valence-corrected chi connectivity index (χ3v) is 3.12. The van der Waals surface area contributed by atoms with Crippen LogP contribution in [-0.2, 0) is 9.59 Å². The van der Waals surface area contributed by atoms with E-state index in [1.54, 1.807) is 12.2 Å². The van der Waals surface area contributed by atoms with Gasteiger partial charge in [0, 0.05) is 32.1 Å². The Kier molecular flexibility index (Phi) is 2.75. The van der Waals surface area contributed by atoms with Crippen LogP contribution in [0.5, 0.6) is 0 Å². The van der Waals surface area contributed by atoms with Gasteiger partial charge in [-0.15, -0.1) is 0 Å². The van der Waals surface area contributed by atoms with Crippen molar-refractivity contribution in [2.24, 2.45) is 0 Å². The third-order valence-electron chi connectivity index (χ3n) is 3.12. The number of carbonyl (C=O) groups excluding carboxylic acids is 2. The number of hydrogen-bond acceptors (Lipinski definition) is 2. The van der Waals surface area contributed by atoms with Gasteiger partial charge in [0.1, 0.15) is 0 Å². The van der Waals surface area contributed by atoms with E-state index >= 15 is 0 Å². The highest BCUT2D eigenvalue weighted by molar-refractivity contribution is 5.88. The van der Waals surface area contributed by atoms with Crippen molar-refractivity contribution in [3.8, 4) is 0 Å². The number of allylic oxidation sites excluding steroid dienone is 1. The molecule has 15 heavy (non-hydrogen) atoms. The number of hydrogen-bond donors (Lipinski definition) is 0. The van der Waals surface area contributed by atoms with Gasteiger partial charge in [0.25, 0.3) is 0 Å². The summed E-state index contributed by atoms with van der Waals surface area (Å²) in [6, 6.07) is 0.264. The lowest BCUT2D eigenvalue weighted by molar-refractivity contribution is -0.136. The molecule has 2 saturated heterocycles. The molecule has 0 saturated carbocycles. The molecule has 0 bridgehead atoms. The Hall–Kier alpha value is -1.32. The maximum atomic E-state index is 11.6. The molecule has 2 aliphatic rings. The molecule has 2 heterocycles. The average Bonchev–Trinajstić information content (AvgIpc) is 2.60. The van der Waals surface area contributed by atoms with Crippen molar-refractivity contribution in [1.29, 1.82) is 0 Å². The molecule has 0 aliphatic carbocycles. The Bertz CT molecular complexity index is 312. The Morgan fingerprint density at radius 2 is 2.27 bits per heavy atom. The van der Waals surface area contributed by atoms with Gasteiger partial charge in [-0.3, -0.25) is 9.59 Å². The number of carbonyl (C=O) groups is 2. The van der Waals surface area contributed by atoms with Crippen molar-refractivity contribution < 1.29 is 9.59 Å². The molecule has 0 aromatic carbocycles. The number of nitrogens with zero attached hydrogens (tertiary/aromatic N) is 2. The molecule has 1 atom stereocenters. The Morgan fingerprint density at radius 3 is 3.00 bits per heavy atom. The van der Waals surface area contributed by atoms with Crippen LogP contribution < -0.4 is 0 Å². The lowest BCUT2D eigenvalue weighted by Gasteiger charge is -2.37. The third kappa shape index (κ3) is 1.89. The van der Waals surface area contributed by atoms with Crippen LogP contribution >= 0.6 is 0 Å². The summed E-state index contributed by atoms with van der Waals surface area (Å²) in [4.78, 5) is 26.8. The minimum absolute atomic E-state index is 0.0662. The molecule has 4 nitrogen and oxygen atoms in total. The van der Waals surface area contributed by atoms with E-state index in [1.165, 1.54) is 0 Å². The number of fused-ring (bicyclic) bond motifs is 1. The van der Waals surface area contributed by atoms with Gasteiger partial charge in [0.2, 0.25) is 11.8 Å². The van der Waals surface area contributed by atoms with E-state index in [4.69, 9.17) is 0 Å². The maximum absolute atomic E-state index is 11.6. The summed E-state index contributed by atoms with van der Waals surface area (Å²) in [5.41, 5.74) is 0. The fourth-order valence-corrected chi connectivity index (χ4v) is 2.31. The summed E-state index contributed by atoms with van der Waals surface area (Å²) in [7, 11) is 0. The monoisotopic (exact) mass is 208 g/mol. The van der Waals surface area contributed by atoms with Crippen LogP contribution in [0.1, 0.15) is 19.8 Å². The quantitative estimate of drug-likeness (QED) is 0.585. The molecular weight excluding hydrogens is 192 g/mol. The topological polar surface area (TPSA) is 40.6 Å². The van der Waals surface area contributed by atoms with Gasteiger partial charge in [0.15, 0.2) is 0 Å². The van der Waals surface area contributed by atoms with Crippen LogP contribution in [0.2, 0.25) is 0 Å². The van der Waals surface area contributed by atoms with E-state index in [0.717, 1.165) is 6.42 Å². The van der Waals surface area contributed by atoms with E-state index in [0.29, 0.717) is 26.1 Å². The second-order valence-electron chi connectivity index (χ2n) is 4.06. The van der Waals surface area contributed by atoms with Crippen LogP contribution in [0.4, 0.5) is 0 Å². The summed E-state index contributed by atoms with van der Waals surface area (Å²) < 4.78 is 0.